The number of rotatable bonds is 8. The maximum absolute atomic E-state index is 6.05. The lowest BCUT2D eigenvalue weighted by atomic mass is 9.96. The Kier molecular flexibility index (Phi) is 7.65. The average molecular weight is 506 g/mol. The molecule has 4 aromatic carbocycles. The maximum atomic E-state index is 6.05. The van der Waals surface area contributed by atoms with Gasteiger partial charge < -0.3 is 4.74 Å². The number of benzene rings is 4. The van der Waals surface area contributed by atoms with Crippen LogP contribution in [0.2, 0.25) is 0 Å². The number of pyridine rings is 1. The molecule has 0 N–H and O–H groups in total. The fraction of sp³-hybridized carbons (Fsp3) is 0.0541. The van der Waals surface area contributed by atoms with Crippen molar-refractivity contribution in [3.8, 4) is 22.4 Å². The number of hydrogen-bond acceptors (Lipinski definition) is 2. The van der Waals surface area contributed by atoms with E-state index in [0.29, 0.717) is 0 Å². The van der Waals surface area contributed by atoms with Crippen molar-refractivity contribution >= 4 is 22.0 Å². The van der Waals surface area contributed by atoms with E-state index in [-0.39, 0.29) is 0 Å². The number of hydrogen-bond donors (Lipinski definition) is 0. The van der Waals surface area contributed by atoms with Gasteiger partial charge in [0.2, 0.25) is 0 Å². The van der Waals surface area contributed by atoms with Crippen LogP contribution < -0.4 is 0 Å². The molecule has 0 atom stereocenters. The van der Waals surface area contributed by atoms with Gasteiger partial charge >= 0.3 is 0 Å². The minimum atomic E-state index is 0.766. The third-order valence-electron chi connectivity index (χ3n) is 6.57. The van der Waals surface area contributed by atoms with E-state index in [1.54, 1.807) is 0 Å². The Labute approximate surface area is 231 Å². The first-order chi connectivity index (χ1) is 19.0. The second kappa shape index (κ2) is 11.6. The summed E-state index contributed by atoms with van der Waals surface area (Å²) in [4.78, 5) is 4.94. The monoisotopic (exact) mass is 505 g/mol. The zero-order valence-electron chi connectivity index (χ0n) is 22.4. The van der Waals surface area contributed by atoms with Crippen LogP contribution in [0.5, 0.6) is 0 Å². The summed E-state index contributed by atoms with van der Waals surface area (Å²) in [6.45, 7) is 12.4. The molecular weight excluding hydrogens is 474 g/mol. The van der Waals surface area contributed by atoms with Crippen LogP contribution in [0.3, 0.4) is 0 Å². The van der Waals surface area contributed by atoms with Crippen LogP contribution in [0.15, 0.2) is 152 Å². The SMILES string of the molecule is C=C(/C=C(\C)O/C(C)=C/C(=C)c1cccc(-c2cccc3nc(-c4ccccc4)ccc23)c1)c1ccccc1. The van der Waals surface area contributed by atoms with Gasteiger partial charge in [0.15, 0.2) is 0 Å². The molecule has 0 unspecified atom stereocenters. The number of fused-ring (bicyclic) bond motifs is 1. The molecule has 0 aliphatic carbocycles. The Morgan fingerprint density at radius 2 is 1.21 bits per heavy atom. The molecule has 0 spiro atoms. The molecule has 5 rings (SSSR count). The summed E-state index contributed by atoms with van der Waals surface area (Å²) in [6, 6.07) is 39.3. The Morgan fingerprint density at radius 1 is 0.615 bits per heavy atom. The van der Waals surface area contributed by atoms with Crippen LogP contribution in [0.1, 0.15) is 25.0 Å². The molecule has 0 fully saturated rings. The van der Waals surface area contributed by atoms with Crippen LogP contribution in [0, 0.1) is 0 Å². The van der Waals surface area contributed by atoms with Gasteiger partial charge in [-0.2, -0.15) is 0 Å². The lowest BCUT2D eigenvalue weighted by Crippen LogP contribution is -1.90. The van der Waals surface area contributed by atoms with Gasteiger partial charge in [-0.1, -0.05) is 110 Å². The number of nitrogens with zero attached hydrogens (tertiary/aromatic N) is 1. The Bertz CT molecular complexity index is 1710. The molecule has 0 saturated heterocycles. The van der Waals surface area contributed by atoms with Gasteiger partial charge in [0.05, 0.1) is 11.2 Å². The number of aromatic nitrogens is 1. The first-order valence-corrected chi connectivity index (χ1v) is 13.0. The van der Waals surface area contributed by atoms with Crippen molar-refractivity contribution < 1.29 is 4.74 Å². The Balaban J connectivity index is 1.36. The summed E-state index contributed by atoms with van der Waals surface area (Å²) in [6.07, 6.45) is 3.92. The highest BCUT2D eigenvalue weighted by Gasteiger charge is 2.09. The third-order valence-corrected chi connectivity index (χ3v) is 6.57. The van der Waals surface area contributed by atoms with Crippen LogP contribution in [-0.2, 0) is 4.74 Å². The fourth-order valence-electron chi connectivity index (χ4n) is 4.69. The van der Waals surface area contributed by atoms with Crippen LogP contribution in [0.25, 0.3) is 44.4 Å². The molecule has 5 aromatic rings. The van der Waals surface area contributed by atoms with E-state index in [1.165, 1.54) is 0 Å². The normalized spacial score (nSPS) is 11.8. The molecule has 0 radical (unpaired) electrons. The molecule has 190 valence electrons. The predicted octanol–water partition coefficient (Wildman–Crippen LogP) is 10.1. The standard InChI is InChI=1S/C37H31NO/c1-26(30-13-7-5-8-14-30)23-28(3)39-29(4)24-27(2)32-17-11-18-33(25-32)34-19-12-20-37-35(34)21-22-36(38-37)31-15-9-6-10-16-31/h5-25H,1-2H2,3-4H3/b28-23+,29-24+. The summed E-state index contributed by atoms with van der Waals surface area (Å²) in [7, 11) is 0. The Hall–Kier alpha value is -4.95. The molecule has 0 bridgehead atoms. The van der Waals surface area contributed by atoms with Gasteiger partial charge in [-0.3, -0.25) is 0 Å². The highest BCUT2D eigenvalue weighted by molar-refractivity contribution is 5.96. The lowest BCUT2D eigenvalue weighted by Gasteiger charge is -2.11. The van der Waals surface area contributed by atoms with Crippen LogP contribution in [-0.4, -0.2) is 4.98 Å². The Morgan fingerprint density at radius 3 is 1.92 bits per heavy atom. The fourth-order valence-corrected chi connectivity index (χ4v) is 4.69. The van der Waals surface area contributed by atoms with E-state index in [4.69, 9.17) is 9.72 Å². The molecule has 2 heteroatoms. The smallest absolute Gasteiger partial charge is 0.101 e. The van der Waals surface area contributed by atoms with Crippen molar-refractivity contribution in [2.24, 2.45) is 0 Å². The van der Waals surface area contributed by atoms with Gasteiger partial charge in [-0.25, -0.2) is 4.98 Å². The minimum absolute atomic E-state index is 0.766. The van der Waals surface area contributed by atoms with Crippen LogP contribution >= 0.6 is 0 Å². The quantitative estimate of drug-likeness (QED) is 0.155. The largest absolute Gasteiger partial charge is 0.467 e. The highest BCUT2D eigenvalue weighted by atomic mass is 16.5. The average Bonchev–Trinajstić information content (AvgIpc) is 2.97. The molecule has 39 heavy (non-hydrogen) atoms. The summed E-state index contributed by atoms with van der Waals surface area (Å²) < 4.78 is 6.05. The van der Waals surface area contributed by atoms with Crippen molar-refractivity contribution in [3.63, 3.8) is 0 Å². The molecule has 1 aromatic heterocycles. The van der Waals surface area contributed by atoms with Crippen LogP contribution in [0.4, 0.5) is 0 Å². The van der Waals surface area contributed by atoms with E-state index in [9.17, 15) is 0 Å². The highest BCUT2D eigenvalue weighted by Crippen LogP contribution is 2.32. The van der Waals surface area contributed by atoms with E-state index in [0.717, 1.165) is 67.1 Å². The minimum Gasteiger partial charge on any atom is -0.467 e. The zero-order chi connectivity index (χ0) is 27.2. The second-order valence-corrected chi connectivity index (χ2v) is 9.54. The molecule has 0 saturated carbocycles. The van der Waals surface area contributed by atoms with Gasteiger partial charge in [0, 0.05) is 10.9 Å². The van der Waals surface area contributed by atoms with E-state index in [1.807, 2.05) is 74.5 Å². The zero-order valence-corrected chi connectivity index (χ0v) is 22.4. The molecular formula is C37H31NO. The molecule has 0 amide bonds. The molecule has 2 nitrogen and oxygen atoms in total. The van der Waals surface area contributed by atoms with E-state index >= 15 is 0 Å². The summed E-state index contributed by atoms with van der Waals surface area (Å²) in [5.74, 6) is 1.54. The predicted molar refractivity (Wildman–Crippen MR) is 166 cm³/mol. The topological polar surface area (TPSA) is 22.1 Å². The van der Waals surface area contributed by atoms with E-state index < -0.39 is 0 Å². The second-order valence-electron chi connectivity index (χ2n) is 9.54. The summed E-state index contributed by atoms with van der Waals surface area (Å²) in [5, 5.41) is 1.12. The van der Waals surface area contributed by atoms with Gasteiger partial charge in [-0.15, -0.1) is 0 Å². The molecule has 1 heterocycles. The van der Waals surface area contributed by atoms with Crippen molar-refractivity contribution in [2.75, 3.05) is 0 Å². The maximum Gasteiger partial charge on any atom is 0.101 e. The lowest BCUT2D eigenvalue weighted by molar-refractivity contribution is 0.310. The van der Waals surface area contributed by atoms with E-state index in [2.05, 4.69) is 79.9 Å². The first kappa shape index (κ1) is 25.7. The number of ether oxygens (including phenoxy) is 1. The number of allylic oxidation sites excluding steroid dienone is 6. The van der Waals surface area contributed by atoms with Crippen molar-refractivity contribution in [1.82, 2.24) is 4.98 Å². The summed E-state index contributed by atoms with van der Waals surface area (Å²) in [5.41, 5.74) is 9.23. The van der Waals surface area contributed by atoms with Crippen molar-refractivity contribution in [1.29, 1.82) is 0 Å². The van der Waals surface area contributed by atoms with Gasteiger partial charge in [0.25, 0.3) is 0 Å². The third kappa shape index (κ3) is 6.14. The van der Waals surface area contributed by atoms with Crippen molar-refractivity contribution in [3.05, 3.63) is 163 Å². The van der Waals surface area contributed by atoms with Gasteiger partial charge in [-0.05, 0) is 77.6 Å². The van der Waals surface area contributed by atoms with Gasteiger partial charge in [0.1, 0.15) is 11.5 Å². The van der Waals surface area contributed by atoms with Crippen molar-refractivity contribution in [2.45, 2.75) is 13.8 Å². The first-order valence-electron chi connectivity index (χ1n) is 13.0. The summed E-state index contributed by atoms with van der Waals surface area (Å²) >= 11 is 0. The molecule has 0 aliphatic rings. The molecule has 0 aliphatic heterocycles.